The zero-order valence-corrected chi connectivity index (χ0v) is 11.0. The molecule has 0 amide bonds. The molecule has 6 heteroatoms. The van der Waals surface area contributed by atoms with Gasteiger partial charge >= 0.3 is 12.1 Å². The number of esters is 1. The van der Waals surface area contributed by atoms with Crippen LogP contribution in [0.25, 0.3) is 0 Å². The number of ether oxygens (including phenoxy) is 1. The molecule has 0 radical (unpaired) electrons. The lowest BCUT2D eigenvalue weighted by atomic mass is 9.88. The normalized spacial score (nSPS) is 22.8. The number of benzene rings is 1. The Balaban J connectivity index is 2.16. The second-order valence-corrected chi connectivity index (χ2v) is 4.74. The van der Waals surface area contributed by atoms with Crippen molar-refractivity contribution in [3.05, 3.63) is 35.4 Å². The number of nitrogens with one attached hydrogen (secondary N) is 1. The Morgan fingerprint density at radius 2 is 1.95 bits per heavy atom. The molecule has 1 aliphatic rings. The summed E-state index contributed by atoms with van der Waals surface area (Å²) in [4.78, 5) is 11.8. The summed E-state index contributed by atoms with van der Waals surface area (Å²) >= 11 is 0. The van der Waals surface area contributed by atoms with E-state index in [4.69, 9.17) is 4.74 Å². The Hall–Kier alpha value is -1.56. The number of hydrogen-bond donors (Lipinski definition) is 1. The van der Waals surface area contributed by atoms with E-state index in [1.54, 1.807) is 6.92 Å². The lowest BCUT2D eigenvalue weighted by Crippen LogP contribution is -2.24. The van der Waals surface area contributed by atoms with Crippen molar-refractivity contribution in [2.75, 3.05) is 19.7 Å². The van der Waals surface area contributed by atoms with Crippen molar-refractivity contribution < 1.29 is 22.7 Å². The third kappa shape index (κ3) is 3.12. The van der Waals surface area contributed by atoms with Crippen molar-refractivity contribution in [2.45, 2.75) is 19.0 Å². The van der Waals surface area contributed by atoms with Crippen molar-refractivity contribution in [3.8, 4) is 0 Å². The third-order valence-electron chi connectivity index (χ3n) is 3.47. The molecule has 2 atom stereocenters. The molecule has 1 fully saturated rings. The van der Waals surface area contributed by atoms with Gasteiger partial charge in [-0.3, -0.25) is 4.79 Å². The maximum atomic E-state index is 12.5. The number of rotatable bonds is 3. The summed E-state index contributed by atoms with van der Waals surface area (Å²) in [5, 5.41) is 3.08. The van der Waals surface area contributed by atoms with E-state index in [9.17, 15) is 18.0 Å². The van der Waals surface area contributed by atoms with E-state index in [1.807, 2.05) is 0 Å². The monoisotopic (exact) mass is 287 g/mol. The molecule has 0 bridgehead atoms. The van der Waals surface area contributed by atoms with Crippen molar-refractivity contribution in [3.63, 3.8) is 0 Å². The predicted molar refractivity (Wildman–Crippen MR) is 67.2 cm³/mol. The number of hydrogen-bond acceptors (Lipinski definition) is 3. The van der Waals surface area contributed by atoms with E-state index in [-0.39, 0.29) is 17.8 Å². The first-order valence-electron chi connectivity index (χ1n) is 6.48. The summed E-state index contributed by atoms with van der Waals surface area (Å²) in [6, 6.07) is 4.98. The van der Waals surface area contributed by atoms with Gasteiger partial charge in [-0.25, -0.2) is 0 Å². The molecule has 110 valence electrons. The van der Waals surface area contributed by atoms with Crippen LogP contribution in [0.15, 0.2) is 24.3 Å². The Morgan fingerprint density at radius 1 is 1.30 bits per heavy atom. The molecule has 0 aliphatic carbocycles. The molecule has 1 aromatic rings. The van der Waals surface area contributed by atoms with Crippen molar-refractivity contribution in [2.24, 2.45) is 5.92 Å². The van der Waals surface area contributed by atoms with E-state index in [2.05, 4.69) is 5.32 Å². The zero-order valence-electron chi connectivity index (χ0n) is 11.0. The molecule has 0 saturated carbocycles. The van der Waals surface area contributed by atoms with Gasteiger partial charge in [0.2, 0.25) is 0 Å². The van der Waals surface area contributed by atoms with Crippen LogP contribution in [-0.2, 0) is 15.7 Å². The lowest BCUT2D eigenvalue weighted by molar-refractivity contribution is -0.147. The smallest absolute Gasteiger partial charge is 0.416 e. The van der Waals surface area contributed by atoms with Gasteiger partial charge in [-0.05, 0) is 24.6 Å². The molecule has 0 spiro atoms. The topological polar surface area (TPSA) is 38.3 Å². The van der Waals surface area contributed by atoms with Gasteiger partial charge < -0.3 is 10.1 Å². The molecule has 1 aromatic carbocycles. The number of carbonyl (C=O) groups excluding carboxylic acids is 1. The minimum atomic E-state index is -4.34. The Morgan fingerprint density at radius 3 is 2.50 bits per heavy atom. The summed E-state index contributed by atoms with van der Waals surface area (Å²) in [7, 11) is 0. The van der Waals surface area contributed by atoms with Gasteiger partial charge in [0, 0.05) is 19.0 Å². The molecule has 20 heavy (non-hydrogen) atoms. The van der Waals surface area contributed by atoms with Crippen LogP contribution in [0, 0.1) is 5.92 Å². The van der Waals surface area contributed by atoms with E-state index in [0.717, 1.165) is 17.7 Å². The van der Waals surface area contributed by atoms with Crippen LogP contribution in [-0.4, -0.2) is 25.7 Å². The first-order valence-corrected chi connectivity index (χ1v) is 6.48. The zero-order chi connectivity index (χ0) is 14.8. The number of halogens is 3. The van der Waals surface area contributed by atoms with Crippen LogP contribution < -0.4 is 5.32 Å². The Kier molecular flexibility index (Phi) is 4.32. The molecular formula is C14H16F3NO2. The van der Waals surface area contributed by atoms with Crippen molar-refractivity contribution in [1.82, 2.24) is 5.32 Å². The standard InChI is InChI=1S/C14H16F3NO2/c1-2-20-13(19)12-8-18-7-11(12)9-3-5-10(6-4-9)14(15,16)17/h3-6,11-12,18H,2,7-8H2,1H3. The van der Waals surface area contributed by atoms with Crippen LogP contribution in [0.4, 0.5) is 13.2 Å². The molecule has 1 saturated heterocycles. The molecule has 1 N–H and O–H groups in total. The molecule has 0 aromatic heterocycles. The second kappa shape index (κ2) is 5.83. The summed E-state index contributed by atoms with van der Waals surface area (Å²) < 4.78 is 42.5. The van der Waals surface area contributed by atoms with E-state index < -0.39 is 11.7 Å². The largest absolute Gasteiger partial charge is 0.466 e. The summed E-state index contributed by atoms with van der Waals surface area (Å²) in [6.07, 6.45) is -4.34. The highest BCUT2D eigenvalue weighted by Gasteiger charge is 2.36. The molecule has 3 nitrogen and oxygen atoms in total. The third-order valence-corrected chi connectivity index (χ3v) is 3.47. The van der Waals surface area contributed by atoms with Gasteiger partial charge in [0.25, 0.3) is 0 Å². The van der Waals surface area contributed by atoms with E-state index in [0.29, 0.717) is 19.7 Å². The molecule has 2 rings (SSSR count). The SMILES string of the molecule is CCOC(=O)C1CNCC1c1ccc(C(F)(F)F)cc1. The average Bonchev–Trinajstić information content (AvgIpc) is 2.87. The fraction of sp³-hybridized carbons (Fsp3) is 0.500. The number of carbonyl (C=O) groups is 1. The Labute approximate surface area is 115 Å². The highest BCUT2D eigenvalue weighted by atomic mass is 19.4. The van der Waals surface area contributed by atoms with Gasteiger partial charge in [-0.2, -0.15) is 13.2 Å². The summed E-state index contributed by atoms with van der Waals surface area (Å²) in [5.74, 6) is -0.787. The molecular weight excluding hydrogens is 271 g/mol. The summed E-state index contributed by atoms with van der Waals surface area (Å²) in [6.45, 7) is 3.09. The van der Waals surface area contributed by atoms with Crippen LogP contribution in [0.1, 0.15) is 24.0 Å². The van der Waals surface area contributed by atoms with Gasteiger partial charge in [0.15, 0.2) is 0 Å². The van der Waals surface area contributed by atoms with E-state index in [1.165, 1.54) is 12.1 Å². The van der Waals surface area contributed by atoms with Crippen LogP contribution in [0.2, 0.25) is 0 Å². The maximum Gasteiger partial charge on any atom is 0.416 e. The van der Waals surface area contributed by atoms with Crippen LogP contribution >= 0.6 is 0 Å². The average molecular weight is 287 g/mol. The van der Waals surface area contributed by atoms with Gasteiger partial charge in [-0.15, -0.1) is 0 Å². The predicted octanol–water partition coefficient (Wildman–Crippen LogP) is 2.57. The fourth-order valence-electron chi connectivity index (χ4n) is 2.45. The number of alkyl halides is 3. The molecule has 1 aliphatic heterocycles. The van der Waals surface area contributed by atoms with Crippen molar-refractivity contribution in [1.29, 1.82) is 0 Å². The second-order valence-electron chi connectivity index (χ2n) is 4.74. The van der Waals surface area contributed by atoms with Crippen LogP contribution in [0.3, 0.4) is 0 Å². The van der Waals surface area contributed by atoms with Gasteiger partial charge in [0.05, 0.1) is 18.1 Å². The maximum absolute atomic E-state index is 12.5. The highest BCUT2D eigenvalue weighted by molar-refractivity contribution is 5.74. The minimum absolute atomic E-state index is 0.142. The van der Waals surface area contributed by atoms with E-state index >= 15 is 0 Å². The quantitative estimate of drug-likeness (QED) is 0.868. The summed E-state index contributed by atoms with van der Waals surface area (Å²) in [5.41, 5.74) is 0.0425. The van der Waals surface area contributed by atoms with Crippen LogP contribution in [0.5, 0.6) is 0 Å². The minimum Gasteiger partial charge on any atom is -0.466 e. The fourth-order valence-corrected chi connectivity index (χ4v) is 2.45. The van der Waals surface area contributed by atoms with Crippen molar-refractivity contribution >= 4 is 5.97 Å². The first-order chi connectivity index (χ1) is 9.43. The molecule has 2 unspecified atom stereocenters. The van der Waals surface area contributed by atoms with Gasteiger partial charge in [0.1, 0.15) is 0 Å². The molecule has 1 heterocycles. The lowest BCUT2D eigenvalue weighted by Gasteiger charge is -2.18. The highest BCUT2D eigenvalue weighted by Crippen LogP contribution is 2.33. The first kappa shape index (κ1) is 14.8. The Bertz CT molecular complexity index is 470. The van der Waals surface area contributed by atoms with Gasteiger partial charge in [-0.1, -0.05) is 12.1 Å².